The highest BCUT2D eigenvalue weighted by Crippen LogP contribution is 2.29. The summed E-state index contributed by atoms with van der Waals surface area (Å²) in [4.78, 5) is 11.9. The molecule has 0 radical (unpaired) electrons. The van der Waals surface area contributed by atoms with E-state index in [1.807, 2.05) is 22.7 Å². The summed E-state index contributed by atoms with van der Waals surface area (Å²) < 4.78 is 2.05. The van der Waals surface area contributed by atoms with Gasteiger partial charge < -0.3 is 4.40 Å². The Labute approximate surface area is 88.5 Å². The van der Waals surface area contributed by atoms with Gasteiger partial charge in [-0.3, -0.25) is 4.79 Å². The van der Waals surface area contributed by atoms with E-state index in [0.717, 1.165) is 18.5 Å². The number of rotatable bonds is 0. The lowest BCUT2D eigenvalue weighted by molar-refractivity contribution is 0.0966. The second-order valence-corrected chi connectivity index (χ2v) is 4.18. The third kappa shape index (κ3) is 1.08. The Morgan fingerprint density at radius 3 is 3.00 bits per heavy atom. The molecule has 0 fully saturated rings. The molecule has 0 bridgehead atoms. The van der Waals surface area contributed by atoms with E-state index in [0.29, 0.717) is 12.2 Å². The third-order valence-corrected chi connectivity index (χ3v) is 3.32. The first kappa shape index (κ1) is 8.72. The fourth-order valence-corrected chi connectivity index (χ4v) is 2.57. The van der Waals surface area contributed by atoms with Gasteiger partial charge >= 0.3 is 0 Å². The Bertz CT molecular complexity index is 551. The van der Waals surface area contributed by atoms with Crippen LogP contribution in [0.4, 0.5) is 0 Å². The van der Waals surface area contributed by atoms with E-state index in [1.54, 1.807) is 0 Å². The molecule has 0 aromatic carbocycles. The van der Waals surface area contributed by atoms with Crippen molar-refractivity contribution in [2.24, 2.45) is 0 Å². The molecule has 0 atom stereocenters. The van der Waals surface area contributed by atoms with Gasteiger partial charge in [0.1, 0.15) is 0 Å². The van der Waals surface area contributed by atoms with Gasteiger partial charge in [0.25, 0.3) is 0 Å². The topological polar surface area (TPSA) is 21.5 Å². The second-order valence-electron chi connectivity index (χ2n) is 4.18. The van der Waals surface area contributed by atoms with Crippen LogP contribution >= 0.6 is 0 Å². The van der Waals surface area contributed by atoms with E-state index >= 15 is 0 Å². The van der Waals surface area contributed by atoms with Gasteiger partial charge in [-0.25, -0.2) is 0 Å². The Morgan fingerprint density at radius 1 is 1.27 bits per heavy atom. The van der Waals surface area contributed by atoms with Crippen molar-refractivity contribution < 1.29 is 4.79 Å². The smallest absolute Gasteiger partial charge is 0.179 e. The first-order valence-corrected chi connectivity index (χ1v) is 5.41. The van der Waals surface area contributed by atoms with Crippen LogP contribution in [0.1, 0.15) is 34.5 Å². The van der Waals surface area contributed by atoms with Crippen molar-refractivity contribution in [3.05, 3.63) is 41.2 Å². The number of ketones is 1. The van der Waals surface area contributed by atoms with Gasteiger partial charge in [-0.2, -0.15) is 0 Å². The van der Waals surface area contributed by atoms with Crippen LogP contribution in [-0.2, 0) is 6.42 Å². The van der Waals surface area contributed by atoms with Crippen LogP contribution < -0.4 is 0 Å². The van der Waals surface area contributed by atoms with Crippen molar-refractivity contribution in [3.8, 4) is 0 Å². The highest BCUT2D eigenvalue weighted by atomic mass is 16.1. The second kappa shape index (κ2) is 2.96. The highest BCUT2D eigenvalue weighted by Gasteiger charge is 2.23. The average Bonchev–Trinajstić information content (AvgIpc) is 2.55. The summed E-state index contributed by atoms with van der Waals surface area (Å²) in [5, 5.41) is 0. The SMILES string of the molecule is Cc1c2c(n3ccccc13)C(=O)CCC2. The van der Waals surface area contributed by atoms with E-state index in [1.165, 1.54) is 16.6 Å². The number of pyridine rings is 1. The van der Waals surface area contributed by atoms with Gasteiger partial charge in [0.2, 0.25) is 0 Å². The van der Waals surface area contributed by atoms with Gasteiger partial charge in [-0.1, -0.05) is 6.07 Å². The van der Waals surface area contributed by atoms with E-state index in [-0.39, 0.29) is 0 Å². The predicted octanol–water partition coefficient (Wildman–Crippen LogP) is 2.77. The minimum Gasteiger partial charge on any atom is -0.313 e. The number of fused-ring (bicyclic) bond motifs is 3. The first-order chi connectivity index (χ1) is 7.29. The lowest BCUT2D eigenvalue weighted by Gasteiger charge is -2.11. The average molecular weight is 199 g/mol. The zero-order valence-corrected chi connectivity index (χ0v) is 8.79. The fraction of sp³-hybridized carbons (Fsp3) is 0.308. The van der Waals surface area contributed by atoms with Crippen molar-refractivity contribution in [3.63, 3.8) is 0 Å². The van der Waals surface area contributed by atoms with Gasteiger partial charge in [-0.15, -0.1) is 0 Å². The van der Waals surface area contributed by atoms with Gasteiger partial charge in [0.15, 0.2) is 5.78 Å². The number of aromatic nitrogens is 1. The summed E-state index contributed by atoms with van der Waals surface area (Å²) in [6, 6.07) is 6.09. The van der Waals surface area contributed by atoms with Crippen LogP contribution in [0.25, 0.3) is 5.52 Å². The molecule has 2 heterocycles. The van der Waals surface area contributed by atoms with Crippen molar-refractivity contribution in [2.75, 3.05) is 0 Å². The summed E-state index contributed by atoms with van der Waals surface area (Å²) in [6.45, 7) is 2.12. The maximum absolute atomic E-state index is 11.9. The zero-order chi connectivity index (χ0) is 10.4. The molecule has 1 aliphatic rings. The largest absolute Gasteiger partial charge is 0.313 e. The van der Waals surface area contributed by atoms with Crippen LogP contribution in [0.15, 0.2) is 24.4 Å². The molecule has 0 unspecified atom stereocenters. The molecule has 1 aliphatic carbocycles. The normalized spacial score (nSPS) is 15.7. The summed E-state index contributed by atoms with van der Waals surface area (Å²) in [7, 11) is 0. The zero-order valence-electron chi connectivity index (χ0n) is 8.79. The molecule has 0 amide bonds. The van der Waals surface area contributed by atoms with Gasteiger partial charge in [0, 0.05) is 18.1 Å². The number of nitrogens with zero attached hydrogens (tertiary/aromatic N) is 1. The molecule has 0 saturated heterocycles. The maximum atomic E-state index is 11.9. The lowest BCUT2D eigenvalue weighted by atomic mass is 9.94. The predicted molar refractivity (Wildman–Crippen MR) is 59.4 cm³/mol. The Kier molecular flexibility index (Phi) is 1.72. The van der Waals surface area contributed by atoms with Crippen molar-refractivity contribution in [2.45, 2.75) is 26.2 Å². The van der Waals surface area contributed by atoms with Gasteiger partial charge in [0.05, 0.1) is 5.69 Å². The van der Waals surface area contributed by atoms with E-state index < -0.39 is 0 Å². The Hall–Kier alpha value is -1.57. The summed E-state index contributed by atoms with van der Waals surface area (Å²) in [5.41, 5.74) is 4.64. The van der Waals surface area contributed by atoms with Crippen LogP contribution in [0.3, 0.4) is 0 Å². The fourth-order valence-electron chi connectivity index (χ4n) is 2.57. The molecule has 0 spiro atoms. The molecule has 76 valence electrons. The molecule has 3 rings (SSSR count). The lowest BCUT2D eigenvalue weighted by Crippen LogP contribution is -2.12. The number of carbonyl (C=O) groups is 1. The first-order valence-electron chi connectivity index (χ1n) is 5.41. The summed E-state index contributed by atoms with van der Waals surface area (Å²) in [5.74, 6) is 0.297. The molecule has 0 saturated carbocycles. The number of Topliss-reactive ketones (excluding diaryl/α,β-unsaturated/α-hetero) is 1. The maximum Gasteiger partial charge on any atom is 0.179 e. The minimum atomic E-state index is 0.297. The monoisotopic (exact) mass is 199 g/mol. The van der Waals surface area contributed by atoms with Crippen LogP contribution in [-0.4, -0.2) is 10.2 Å². The minimum absolute atomic E-state index is 0.297. The highest BCUT2D eigenvalue weighted by molar-refractivity contribution is 5.99. The van der Waals surface area contributed by atoms with Crippen LogP contribution in [0, 0.1) is 6.92 Å². The third-order valence-electron chi connectivity index (χ3n) is 3.32. The quantitative estimate of drug-likeness (QED) is 0.639. The Morgan fingerprint density at radius 2 is 2.13 bits per heavy atom. The van der Waals surface area contributed by atoms with Crippen LogP contribution in [0.5, 0.6) is 0 Å². The number of carbonyl (C=O) groups excluding carboxylic acids is 1. The number of hydrogen-bond donors (Lipinski definition) is 0. The standard InChI is InChI=1S/C13H13NO/c1-9-10-5-4-7-12(15)13(10)14-8-3-2-6-11(9)14/h2-3,6,8H,4-5,7H2,1H3. The molecular formula is C13H13NO. The molecule has 15 heavy (non-hydrogen) atoms. The molecule has 2 aromatic heterocycles. The van der Waals surface area contributed by atoms with E-state index in [2.05, 4.69) is 13.0 Å². The van der Waals surface area contributed by atoms with Crippen molar-refractivity contribution >= 4 is 11.3 Å². The molecular weight excluding hydrogens is 186 g/mol. The van der Waals surface area contributed by atoms with E-state index in [4.69, 9.17) is 0 Å². The van der Waals surface area contributed by atoms with E-state index in [9.17, 15) is 4.79 Å². The number of hydrogen-bond acceptors (Lipinski definition) is 1. The van der Waals surface area contributed by atoms with Gasteiger partial charge in [-0.05, 0) is 43.0 Å². The van der Waals surface area contributed by atoms with Crippen LogP contribution in [0.2, 0.25) is 0 Å². The summed E-state index contributed by atoms with van der Waals surface area (Å²) >= 11 is 0. The number of aryl methyl sites for hydroxylation is 1. The molecule has 2 heteroatoms. The van der Waals surface area contributed by atoms with Crippen molar-refractivity contribution in [1.82, 2.24) is 4.40 Å². The van der Waals surface area contributed by atoms with Crippen molar-refractivity contribution in [1.29, 1.82) is 0 Å². The summed E-state index contributed by atoms with van der Waals surface area (Å²) in [6.07, 6.45) is 4.75. The molecule has 2 aromatic rings. The molecule has 2 nitrogen and oxygen atoms in total. The molecule has 0 aliphatic heterocycles. The Balaban J connectivity index is 2.46. The molecule has 0 N–H and O–H groups in total.